The predicted molar refractivity (Wildman–Crippen MR) is 77.4 cm³/mol. The Morgan fingerprint density at radius 2 is 1.55 bits per heavy atom. The van der Waals surface area contributed by atoms with Crippen molar-refractivity contribution >= 4 is 11.8 Å². The zero-order chi connectivity index (χ0) is 15.0. The summed E-state index contributed by atoms with van der Waals surface area (Å²) in [4.78, 5) is 24.1. The first kappa shape index (κ1) is 14.8. The Morgan fingerprint density at radius 1 is 1.05 bits per heavy atom. The number of esters is 1. The van der Waals surface area contributed by atoms with Gasteiger partial charge in [-0.1, -0.05) is 45.9 Å². The summed E-state index contributed by atoms with van der Waals surface area (Å²) in [6, 6.07) is 8.99. The first-order valence-corrected chi connectivity index (χ1v) is 7.00. The van der Waals surface area contributed by atoms with Crippen LogP contribution in [0, 0.1) is 10.8 Å². The minimum atomic E-state index is -0.330. The number of ketones is 1. The van der Waals surface area contributed by atoms with Crippen LogP contribution in [0.2, 0.25) is 0 Å². The van der Waals surface area contributed by atoms with E-state index in [1.165, 1.54) is 0 Å². The molecule has 0 saturated heterocycles. The van der Waals surface area contributed by atoms with E-state index in [1.807, 2.05) is 45.9 Å². The molecule has 1 aromatic rings. The van der Waals surface area contributed by atoms with Crippen LogP contribution in [0.1, 0.15) is 50.9 Å². The van der Waals surface area contributed by atoms with E-state index in [1.54, 1.807) is 12.1 Å². The van der Waals surface area contributed by atoms with Crippen LogP contribution in [0.4, 0.5) is 0 Å². The zero-order valence-corrected chi connectivity index (χ0v) is 12.6. The monoisotopic (exact) mass is 274 g/mol. The lowest BCUT2D eigenvalue weighted by molar-refractivity contribution is -0.141. The number of carbonyl (C=O) groups is 2. The van der Waals surface area contributed by atoms with Crippen molar-refractivity contribution in [1.29, 1.82) is 0 Å². The highest BCUT2D eigenvalue weighted by molar-refractivity contribution is 5.89. The van der Waals surface area contributed by atoms with Crippen molar-refractivity contribution in [3.63, 3.8) is 0 Å². The predicted octanol–water partition coefficient (Wildman–Crippen LogP) is 3.63. The third-order valence-electron chi connectivity index (χ3n) is 3.96. The molecule has 1 saturated carbocycles. The summed E-state index contributed by atoms with van der Waals surface area (Å²) >= 11 is 0. The highest BCUT2D eigenvalue weighted by Crippen LogP contribution is 2.46. The lowest BCUT2D eigenvalue weighted by Crippen LogP contribution is -2.50. The standard InChI is InChI=1S/C17H22O3/c1-16(2)10-13(18)11-17(3,4)15(16)20-14(19)12-8-6-5-7-9-12/h5-9,15H,10-11H2,1-4H3. The molecule has 3 nitrogen and oxygen atoms in total. The maximum absolute atomic E-state index is 12.3. The van der Waals surface area contributed by atoms with Crippen LogP contribution in [0.25, 0.3) is 0 Å². The van der Waals surface area contributed by atoms with Gasteiger partial charge in [-0.25, -0.2) is 4.79 Å². The minimum absolute atomic E-state index is 0.243. The largest absolute Gasteiger partial charge is 0.458 e. The number of rotatable bonds is 2. The van der Waals surface area contributed by atoms with E-state index in [9.17, 15) is 9.59 Å². The second-order valence-electron chi connectivity index (χ2n) is 7.02. The Kier molecular flexibility index (Phi) is 3.72. The molecule has 0 amide bonds. The van der Waals surface area contributed by atoms with E-state index in [0.717, 1.165) is 0 Å². The number of Topliss-reactive ketones (excluding diaryl/α,β-unsaturated/α-hetero) is 1. The van der Waals surface area contributed by atoms with Crippen molar-refractivity contribution < 1.29 is 14.3 Å². The Balaban J connectivity index is 2.22. The SMILES string of the molecule is CC1(C)CC(=O)CC(C)(C)C1OC(=O)c1ccccc1. The first-order chi connectivity index (χ1) is 9.22. The quantitative estimate of drug-likeness (QED) is 0.773. The van der Waals surface area contributed by atoms with Crippen LogP contribution in [-0.2, 0) is 9.53 Å². The normalized spacial score (nSPS) is 21.5. The van der Waals surface area contributed by atoms with E-state index < -0.39 is 0 Å². The molecule has 108 valence electrons. The molecule has 20 heavy (non-hydrogen) atoms. The molecule has 0 atom stereocenters. The van der Waals surface area contributed by atoms with Crippen LogP contribution >= 0.6 is 0 Å². The van der Waals surface area contributed by atoms with Crippen molar-refractivity contribution in [2.24, 2.45) is 10.8 Å². The van der Waals surface area contributed by atoms with Gasteiger partial charge >= 0.3 is 5.97 Å². The Morgan fingerprint density at radius 3 is 2.05 bits per heavy atom. The maximum atomic E-state index is 12.3. The molecule has 0 N–H and O–H groups in total. The number of carbonyl (C=O) groups excluding carboxylic acids is 2. The molecule has 1 aromatic carbocycles. The third kappa shape index (κ3) is 2.92. The molecule has 1 aliphatic carbocycles. The van der Waals surface area contributed by atoms with Gasteiger partial charge in [0, 0.05) is 23.7 Å². The van der Waals surface area contributed by atoms with Gasteiger partial charge in [-0.05, 0) is 12.1 Å². The highest BCUT2D eigenvalue weighted by Gasteiger charge is 2.49. The minimum Gasteiger partial charge on any atom is -0.458 e. The summed E-state index contributed by atoms with van der Waals surface area (Å²) in [6.07, 6.45) is 0.659. The maximum Gasteiger partial charge on any atom is 0.338 e. The van der Waals surface area contributed by atoms with Crippen molar-refractivity contribution in [1.82, 2.24) is 0 Å². The molecular formula is C17H22O3. The molecule has 0 aliphatic heterocycles. The molecule has 0 aromatic heterocycles. The topological polar surface area (TPSA) is 43.4 Å². The van der Waals surface area contributed by atoms with E-state index in [-0.39, 0.29) is 28.7 Å². The Labute approximate surface area is 120 Å². The summed E-state index contributed by atoms with van der Waals surface area (Å²) in [5.74, 6) is -0.0712. The van der Waals surface area contributed by atoms with Crippen molar-refractivity contribution in [3.8, 4) is 0 Å². The fourth-order valence-corrected chi connectivity index (χ4v) is 3.39. The average Bonchev–Trinajstić information content (AvgIpc) is 2.33. The van der Waals surface area contributed by atoms with Gasteiger partial charge < -0.3 is 4.74 Å². The van der Waals surface area contributed by atoms with Crippen LogP contribution < -0.4 is 0 Å². The van der Waals surface area contributed by atoms with Crippen LogP contribution in [0.5, 0.6) is 0 Å². The summed E-state index contributed by atoms with van der Waals surface area (Å²) < 4.78 is 5.77. The molecule has 1 aliphatic rings. The summed E-state index contributed by atoms with van der Waals surface area (Å²) in [7, 11) is 0. The molecule has 0 unspecified atom stereocenters. The lowest BCUT2D eigenvalue weighted by Gasteiger charge is -2.47. The Hall–Kier alpha value is -1.64. The molecular weight excluding hydrogens is 252 g/mol. The molecule has 0 spiro atoms. The smallest absolute Gasteiger partial charge is 0.338 e. The van der Waals surface area contributed by atoms with E-state index in [4.69, 9.17) is 4.74 Å². The second kappa shape index (κ2) is 5.04. The van der Waals surface area contributed by atoms with Crippen molar-refractivity contribution in [3.05, 3.63) is 35.9 Å². The lowest BCUT2D eigenvalue weighted by atomic mass is 9.62. The fourth-order valence-electron chi connectivity index (χ4n) is 3.39. The van der Waals surface area contributed by atoms with Gasteiger partial charge in [-0.15, -0.1) is 0 Å². The fraction of sp³-hybridized carbons (Fsp3) is 0.529. The number of ether oxygens (including phenoxy) is 1. The van der Waals surface area contributed by atoms with Gasteiger partial charge in [0.05, 0.1) is 5.56 Å². The number of hydrogen-bond donors (Lipinski definition) is 0. The zero-order valence-electron chi connectivity index (χ0n) is 12.6. The molecule has 2 rings (SSSR count). The summed E-state index contributed by atoms with van der Waals surface area (Å²) in [5, 5.41) is 0. The van der Waals surface area contributed by atoms with Gasteiger partial charge in [-0.2, -0.15) is 0 Å². The first-order valence-electron chi connectivity index (χ1n) is 7.00. The van der Waals surface area contributed by atoms with E-state index in [0.29, 0.717) is 18.4 Å². The Bertz CT molecular complexity index is 494. The van der Waals surface area contributed by atoms with Gasteiger partial charge in [0.1, 0.15) is 11.9 Å². The summed E-state index contributed by atoms with van der Waals surface area (Å²) in [5.41, 5.74) is -0.108. The molecule has 1 fully saturated rings. The third-order valence-corrected chi connectivity index (χ3v) is 3.96. The van der Waals surface area contributed by atoms with Crippen molar-refractivity contribution in [2.45, 2.75) is 46.6 Å². The van der Waals surface area contributed by atoms with Gasteiger partial charge in [0.2, 0.25) is 0 Å². The van der Waals surface area contributed by atoms with Crippen LogP contribution in [0.3, 0.4) is 0 Å². The molecule has 3 heteroatoms. The van der Waals surface area contributed by atoms with Gasteiger partial charge in [0.15, 0.2) is 0 Å². The molecule has 0 bridgehead atoms. The van der Waals surface area contributed by atoms with Gasteiger partial charge in [0.25, 0.3) is 0 Å². The van der Waals surface area contributed by atoms with Crippen LogP contribution in [0.15, 0.2) is 30.3 Å². The highest BCUT2D eigenvalue weighted by atomic mass is 16.5. The molecule has 0 radical (unpaired) electrons. The van der Waals surface area contributed by atoms with Gasteiger partial charge in [-0.3, -0.25) is 4.79 Å². The number of benzene rings is 1. The number of hydrogen-bond acceptors (Lipinski definition) is 3. The molecule has 0 heterocycles. The average molecular weight is 274 g/mol. The van der Waals surface area contributed by atoms with E-state index in [2.05, 4.69) is 0 Å². The van der Waals surface area contributed by atoms with Crippen LogP contribution in [-0.4, -0.2) is 17.9 Å². The summed E-state index contributed by atoms with van der Waals surface area (Å²) in [6.45, 7) is 7.98. The van der Waals surface area contributed by atoms with E-state index >= 15 is 0 Å². The van der Waals surface area contributed by atoms with Crippen molar-refractivity contribution in [2.75, 3.05) is 0 Å². The second-order valence-corrected chi connectivity index (χ2v) is 7.02.